The number of ether oxygens (including phenoxy) is 1. The Balaban J connectivity index is 1.79. The predicted octanol–water partition coefficient (Wildman–Crippen LogP) is 2.97. The number of nitrogens with one attached hydrogen (secondary N) is 1. The molecule has 0 spiro atoms. The fraction of sp³-hybridized carbons (Fsp3) is 1.00. The fourth-order valence-corrected chi connectivity index (χ4v) is 3.57. The minimum Gasteiger partial charge on any atom is -0.378 e. The van der Waals surface area contributed by atoms with Crippen LogP contribution in [0.5, 0.6) is 0 Å². The third-order valence-electron chi connectivity index (χ3n) is 4.14. The second-order valence-corrected chi connectivity index (χ2v) is 6.18. The molecule has 0 aromatic heterocycles. The molecule has 1 aliphatic heterocycles. The molecule has 0 aromatic rings. The highest BCUT2D eigenvalue weighted by Crippen LogP contribution is 2.29. The highest BCUT2D eigenvalue weighted by atomic mass is 16.5. The molecule has 0 radical (unpaired) electrons. The SMILES string of the molecule is CC1CC(C)CC(NC2CCOC(C)C2)C1. The van der Waals surface area contributed by atoms with Gasteiger partial charge in [0.2, 0.25) is 0 Å². The summed E-state index contributed by atoms with van der Waals surface area (Å²) in [7, 11) is 0. The first-order valence-corrected chi connectivity index (χ1v) is 7.01. The van der Waals surface area contributed by atoms with E-state index < -0.39 is 0 Å². The van der Waals surface area contributed by atoms with Gasteiger partial charge in [-0.1, -0.05) is 13.8 Å². The van der Waals surface area contributed by atoms with Gasteiger partial charge in [0.05, 0.1) is 6.10 Å². The van der Waals surface area contributed by atoms with E-state index >= 15 is 0 Å². The average Bonchev–Trinajstić information content (AvgIpc) is 2.15. The van der Waals surface area contributed by atoms with Crippen LogP contribution in [0, 0.1) is 11.8 Å². The van der Waals surface area contributed by atoms with E-state index in [1.165, 1.54) is 32.1 Å². The van der Waals surface area contributed by atoms with Crippen LogP contribution in [0.1, 0.15) is 52.9 Å². The van der Waals surface area contributed by atoms with E-state index in [4.69, 9.17) is 4.74 Å². The van der Waals surface area contributed by atoms with Crippen LogP contribution in [0.25, 0.3) is 0 Å². The maximum Gasteiger partial charge on any atom is 0.0561 e. The largest absolute Gasteiger partial charge is 0.378 e. The monoisotopic (exact) mass is 225 g/mol. The predicted molar refractivity (Wildman–Crippen MR) is 67.5 cm³/mol. The van der Waals surface area contributed by atoms with Crippen LogP contribution in [0.15, 0.2) is 0 Å². The molecule has 1 saturated carbocycles. The van der Waals surface area contributed by atoms with E-state index in [0.29, 0.717) is 12.1 Å². The van der Waals surface area contributed by atoms with Gasteiger partial charge in [-0.15, -0.1) is 0 Å². The summed E-state index contributed by atoms with van der Waals surface area (Å²) in [5, 5.41) is 3.87. The molecule has 1 N–H and O–H groups in total. The van der Waals surface area contributed by atoms with Gasteiger partial charge < -0.3 is 10.1 Å². The second kappa shape index (κ2) is 5.50. The van der Waals surface area contributed by atoms with Gasteiger partial charge in [0.1, 0.15) is 0 Å². The van der Waals surface area contributed by atoms with E-state index in [1.807, 2.05) is 0 Å². The Morgan fingerprint density at radius 1 is 0.875 bits per heavy atom. The van der Waals surface area contributed by atoms with Crippen molar-refractivity contribution in [1.82, 2.24) is 5.32 Å². The Labute approximate surface area is 100 Å². The van der Waals surface area contributed by atoms with Crippen LogP contribution < -0.4 is 5.32 Å². The standard InChI is InChI=1S/C14H27NO/c1-10-6-11(2)8-14(7-10)15-13-4-5-16-12(3)9-13/h10-15H,4-9H2,1-3H3. The number of hydrogen-bond donors (Lipinski definition) is 1. The van der Waals surface area contributed by atoms with Crippen LogP contribution in [0.3, 0.4) is 0 Å². The van der Waals surface area contributed by atoms with Crippen molar-refractivity contribution in [3.8, 4) is 0 Å². The van der Waals surface area contributed by atoms with Gasteiger partial charge in [0, 0.05) is 18.7 Å². The molecule has 94 valence electrons. The van der Waals surface area contributed by atoms with Gasteiger partial charge in [-0.2, -0.15) is 0 Å². The normalized spacial score (nSPS) is 45.6. The van der Waals surface area contributed by atoms with Gasteiger partial charge >= 0.3 is 0 Å². The molecule has 0 aromatic carbocycles. The summed E-state index contributed by atoms with van der Waals surface area (Å²) >= 11 is 0. The third-order valence-corrected chi connectivity index (χ3v) is 4.14. The molecule has 2 heteroatoms. The van der Waals surface area contributed by atoms with Gasteiger partial charge in [-0.25, -0.2) is 0 Å². The lowest BCUT2D eigenvalue weighted by Gasteiger charge is -2.37. The number of hydrogen-bond acceptors (Lipinski definition) is 2. The van der Waals surface area contributed by atoms with E-state index in [9.17, 15) is 0 Å². The lowest BCUT2D eigenvalue weighted by molar-refractivity contribution is 0.00911. The maximum absolute atomic E-state index is 5.60. The molecule has 1 aliphatic carbocycles. The molecule has 2 aliphatic rings. The van der Waals surface area contributed by atoms with Crippen LogP contribution in [0.4, 0.5) is 0 Å². The van der Waals surface area contributed by atoms with Crippen LogP contribution >= 0.6 is 0 Å². The van der Waals surface area contributed by atoms with Crippen molar-refractivity contribution < 1.29 is 4.74 Å². The highest BCUT2D eigenvalue weighted by Gasteiger charge is 2.27. The van der Waals surface area contributed by atoms with Crippen LogP contribution in [-0.2, 0) is 4.74 Å². The molecule has 0 amide bonds. The molecular formula is C14H27NO. The van der Waals surface area contributed by atoms with Crippen LogP contribution in [-0.4, -0.2) is 24.8 Å². The van der Waals surface area contributed by atoms with Crippen molar-refractivity contribution in [3.63, 3.8) is 0 Å². The summed E-state index contributed by atoms with van der Waals surface area (Å²) in [6.45, 7) is 7.94. The molecule has 2 nitrogen and oxygen atoms in total. The van der Waals surface area contributed by atoms with Crippen molar-refractivity contribution in [2.24, 2.45) is 11.8 Å². The number of rotatable bonds is 2. The molecular weight excluding hydrogens is 198 g/mol. The van der Waals surface area contributed by atoms with Gasteiger partial charge in [-0.05, 0) is 50.9 Å². The zero-order valence-electron chi connectivity index (χ0n) is 11.0. The zero-order valence-corrected chi connectivity index (χ0v) is 11.0. The summed E-state index contributed by atoms with van der Waals surface area (Å²) in [6.07, 6.45) is 7.00. The van der Waals surface area contributed by atoms with E-state index in [2.05, 4.69) is 26.1 Å². The first-order valence-electron chi connectivity index (χ1n) is 7.01. The lowest BCUT2D eigenvalue weighted by Crippen LogP contribution is -2.46. The molecule has 2 rings (SSSR count). The Morgan fingerprint density at radius 2 is 1.56 bits per heavy atom. The smallest absolute Gasteiger partial charge is 0.0561 e. The minimum absolute atomic E-state index is 0.449. The topological polar surface area (TPSA) is 21.3 Å². The summed E-state index contributed by atoms with van der Waals surface area (Å²) in [5.41, 5.74) is 0. The van der Waals surface area contributed by atoms with Gasteiger partial charge in [-0.3, -0.25) is 0 Å². The van der Waals surface area contributed by atoms with E-state index in [0.717, 1.165) is 24.5 Å². The summed E-state index contributed by atoms with van der Waals surface area (Å²) in [6, 6.07) is 1.46. The van der Waals surface area contributed by atoms with Crippen molar-refractivity contribution in [3.05, 3.63) is 0 Å². The van der Waals surface area contributed by atoms with Crippen molar-refractivity contribution in [1.29, 1.82) is 0 Å². The summed E-state index contributed by atoms with van der Waals surface area (Å²) < 4.78 is 5.60. The molecule has 0 bridgehead atoms. The van der Waals surface area contributed by atoms with Crippen molar-refractivity contribution in [2.75, 3.05) is 6.61 Å². The van der Waals surface area contributed by atoms with E-state index in [1.54, 1.807) is 0 Å². The van der Waals surface area contributed by atoms with Crippen molar-refractivity contribution in [2.45, 2.75) is 71.1 Å². The Bertz CT molecular complexity index is 209. The molecule has 4 atom stereocenters. The van der Waals surface area contributed by atoms with Gasteiger partial charge in [0.25, 0.3) is 0 Å². The Hall–Kier alpha value is -0.0800. The van der Waals surface area contributed by atoms with E-state index in [-0.39, 0.29) is 0 Å². The zero-order chi connectivity index (χ0) is 11.5. The maximum atomic E-state index is 5.60. The molecule has 1 heterocycles. The second-order valence-electron chi connectivity index (χ2n) is 6.18. The van der Waals surface area contributed by atoms with Gasteiger partial charge in [0.15, 0.2) is 0 Å². The average molecular weight is 225 g/mol. The summed E-state index contributed by atoms with van der Waals surface area (Å²) in [4.78, 5) is 0. The minimum atomic E-state index is 0.449. The lowest BCUT2D eigenvalue weighted by atomic mass is 9.80. The third kappa shape index (κ3) is 3.46. The Kier molecular flexibility index (Phi) is 4.26. The fourth-order valence-electron chi connectivity index (χ4n) is 3.57. The van der Waals surface area contributed by atoms with Crippen molar-refractivity contribution >= 4 is 0 Å². The summed E-state index contributed by atoms with van der Waals surface area (Å²) in [5.74, 6) is 1.80. The first kappa shape index (κ1) is 12.4. The quantitative estimate of drug-likeness (QED) is 0.780. The Morgan fingerprint density at radius 3 is 2.19 bits per heavy atom. The molecule has 1 saturated heterocycles. The molecule has 4 unspecified atom stereocenters. The highest BCUT2D eigenvalue weighted by molar-refractivity contribution is 4.84. The van der Waals surface area contributed by atoms with Crippen LogP contribution in [0.2, 0.25) is 0 Å². The molecule has 16 heavy (non-hydrogen) atoms. The molecule has 2 fully saturated rings. The first-order chi connectivity index (χ1) is 7.63.